The molecule has 2 amide bonds. The van der Waals surface area contributed by atoms with Gasteiger partial charge in [0.15, 0.2) is 5.17 Å². The van der Waals surface area contributed by atoms with Crippen LogP contribution in [0.15, 0.2) is 58.4 Å². The van der Waals surface area contributed by atoms with Crippen molar-refractivity contribution in [3.8, 4) is 0 Å². The molecule has 5 nitrogen and oxygen atoms in total. The predicted molar refractivity (Wildman–Crippen MR) is 121 cm³/mol. The van der Waals surface area contributed by atoms with E-state index in [0.29, 0.717) is 22.2 Å². The smallest absolute Gasteiger partial charge is 0.287 e. The van der Waals surface area contributed by atoms with Gasteiger partial charge < -0.3 is 9.80 Å². The third kappa shape index (κ3) is 3.78. The quantitative estimate of drug-likeness (QED) is 0.648. The van der Waals surface area contributed by atoms with Gasteiger partial charge in [-0.1, -0.05) is 43.2 Å². The first-order chi connectivity index (χ1) is 15.1. The number of fused-ring (bicyclic) bond motifs is 1. The van der Waals surface area contributed by atoms with Crippen LogP contribution < -0.4 is 4.90 Å². The van der Waals surface area contributed by atoms with E-state index < -0.39 is 0 Å². The van der Waals surface area contributed by atoms with Crippen molar-refractivity contribution >= 4 is 40.0 Å². The topological polar surface area (TPSA) is 53.0 Å². The first-order valence-electron chi connectivity index (χ1n) is 10.6. The molecule has 0 aliphatic carbocycles. The van der Waals surface area contributed by atoms with Crippen molar-refractivity contribution in [2.45, 2.75) is 32.2 Å². The van der Waals surface area contributed by atoms with Gasteiger partial charge in [0.25, 0.3) is 11.8 Å². The maximum atomic E-state index is 13.5. The van der Waals surface area contributed by atoms with Crippen molar-refractivity contribution in [3.05, 3.63) is 70.4 Å². The van der Waals surface area contributed by atoms with Gasteiger partial charge in [-0.3, -0.25) is 9.59 Å². The van der Waals surface area contributed by atoms with Gasteiger partial charge in [-0.15, -0.1) is 0 Å². The van der Waals surface area contributed by atoms with Gasteiger partial charge in [-0.25, -0.2) is 4.39 Å². The fourth-order valence-electron chi connectivity index (χ4n) is 4.28. The highest BCUT2D eigenvalue weighted by molar-refractivity contribution is 8.18. The van der Waals surface area contributed by atoms with Crippen LogP contribution in [0.3, 0.4) is 0 Å². The molecule has 158 valence electrons. The third-order valence-electron chi connectivity index (χ3n) is 5.87. The van der Waals surface area contributed by atoms with Crippen LogP contribution in [-0.4, -0.2) is 35.0 Å². The van der Waals surface area contributed by atoms with Gasteiger partial charge in [0.1, 0.15) is 5.82 Å². The standard InChI is InChI=1S/C24H22FN3O2S/c25-17-11-9-16(10-12-17)15-28-19-8-4-3-7-18(19)20(23(28)30)21-22(29)26-24(31-21)27-13-5-1-2-6-14-27/h3-4,7-12H,1-2,5-6,13-15H2/b21-20+. The minimum absolute atomic E-state index is 0.214. The Morgan fingerprint density at radius 2 is 1.65 bits per heavy atom. The molecule has 0 atom stereocenters. The number of rotatable bonds is 2. The van der Waals surface area contributed by atoms with Crippen LogP contribution in [0.5, 0.6) is 0 Å². The van der Waals surface area contributed by atoms with E-state index in [9.17, 15) is 14.0 Å². The summed E-state index contributed by atoms with van der Waals surface area (Å²) in [7, 11) is 0. The monoisotopic (exact) mass is 435 g/mol. The maximum Gasteiger partial charge on any atom is 0.287 e. The molecule has 7 heteroatoms. The van der Waals surface area contributed by atoms with Gasteiger partial charge in [0.05, 0.1) is 22.7 Å². The van der Waals surface area contributed by atoms with Gasteiger partial charge in [0, 0.05) is 18.7 Å². The van der Waals surface area contributed by atoms with Crippen molar-refractivity contribution in [2.75, 3.05) is 18.0 Å². The number of hydrogen-bond donors (Lipinski definition) is 0. The Morgan fingerprint density at radius 1 is 0.935 bits per heavy atom. The van der Waals surface area contributed by atoms with E-state index >= 15 is 0 Å². The summed E-state index contributed by atoms with van der Waals surface area (Å²) in [6.07, 6.45) is 4.57. The maximum absolute atomic E-state index is 13.5. The van der Waals surface area contributed by atoms with Crippen LogP contribution in [0.25, 0.3) is 5.57 Å². The minimum atomic E-state index is -0.342. The molecule has 0 N–H and O–H groups in total. The number of para-hydroxylation sites is 1. The van der Waals surface area contributed by atoms with Gasteiger partial charge >= 0.3 is 0 Å². The van der Waals surface area contributed by atoms with Crippen molar-refractivity contribution < 1.29 is 14.0 Å². The van der Waals surface area contributed by atoms with Gasteiger partial charge in [0.2, 0.25) is 0 Å². The first kappa shape index (κ1) is 20.0. The highest BCUT2D eigenvalue weighted by atomic mass is 32.2. The summed E-state index contributed by atoms with van der Waals surface area (Å²) >= 11 is 1.32. The number of hydrogen-bond acceptors (Lipinski definition) is 4. The summed E-state index contributed by atoms with van der Waals surface area (Å²) in [6.45, 7) is 2.09. The largest absolute Gasteiger partial charge is 0.351 e. The molecule has 0 radical (unpaired) electrons. The summed E-state index contributed by atoms with van der Waals surface area (Å²) in [6, 6.07) is 13.6. The van der Waals surface area contributed by atoms with Gasteiger partial charge in [-0.2, -0.15) is 4.99 Å². The Kier molecular flexibility index (Phi) is 5.36. The van der Waals surface area contributed by atoms with E-state index in [1.165, 1.54) is 36.7 Å². The van der Waals surface area contributed by atoms with E-state index in [1.54, 1.807) is 17.0 Å². The average molecular weight is 436 g/mol. The summed E-state index contributed by atoms with van der Waals surface area (Å²) in [5.74, 6) is -0.870. The van der Waals surface area contributed by atoms with Crippen molar-refractivity contribution in [1.29, 1.82) is 0 Å². The number of thioether (sulfide) groups is 1. The Balaban J connectivity index is 1.48. The lowest BCUT2D eigenvalue weighted by Gasteiger charge is -2.20. The molecular formula is C24H22FN3O2S. The van der Waals surface area contributed by atoms with Crippen LogP contribution in [0.2, 0.25) is 0 Å². The average Bonchev–Trinajstić information content (AvgIpc) is 3.13. The molecule has 0 aromatic heterocycles. The van der Waals surface area contributed by atoms with Crippen LogP contribution in [0.1, 0.15) is 36.8 Å². The highest BCUT2D eigenvalue weighted by Crippen LogP contribution is 2.44. The number of aliphatic imine (C=N–C) groups is 1. The summed E-state index contributed by atoms with van der Waals surface area (Å²) in [5.41, 5.74) is 2.75. The molecule has 2 aromatic carbocycles. The highest BCUT2D eigenvalue weighted by Gasteiger charge is 2.39. The Morgan fingerprint density at radius 3 is 2.39 bits per heavy atom. The third-order valence-corrected chi connectivity index (χ3v) is 6.98. The molecule has 31 heavy (non-hydrogen) atoms. The van der Waals surface area contributed by atoms with E-state index in [2.05, 4.69) is 9.89 Å². The zero-order valence-electron chi connectivity index (χ0n) is 17.0. The fraction of sp³-hybridized carbons (Fsp3) is 0.292. The number of carbonyl (C=O) groups is 2. The molecule has 1 fully saturated rings. The number of anilines is 1. The van der Waals surface area contributed by atoms with Gasteiger partial charge in [-0.05, 0) is 48.4 Å². The lowest BCUT2D eigenvalue weighted by Crippen LogP contribution is -2.28. The first-order valence-corrected chi connectivity index (χ1v) is 11.4. The van der Waals surface area contributed by atoms with E-state index in [4.69, 9.17) is 0 Å². The number of amidine groups is 1. The normalized spacial score (nSPS) is 21.4. The SMILES string of the molecule is O=C1N=C(N2CCCCCC2)S/C1=C1/C(=O)N(Cc2ccc(F)cc2)c2ccccc21. The number of halogens is 1. The molecule has 3 heterocycles. The summed E-state index contributed by atoms with van der Waals surface area (Å²) in [4.78, 5) is 34.9. The minimum Gasteiger partial charge on any atom is -0.351 e. The molecule has 0 unspecified atom stereocenters. The Bertz CT molecular complexity index is 1100. The molecule has 5 rings (SSSR count). The molecule has 0 bridgehead atoms. The zero-order chi connectivity index (χ0) is 21.4. The van der Waals surface area contributed by atoms with Crippen LogP contribution in [0, 0.1) is 5.82 Å². The predicted octanol–water partition coefficient (Wildman–Crippen LogP) is 4.59. The Hall–Kier alpha value is -2.93. The van der Waals surface area contributed by atoms with Crippen LogP contribution >= 0.6 is 11.8 Å². The number of nitrogens with zero attached hydrogens (tertiary/aromatic N) is 3. The lowest BCUT2D eigenvalue weighted by atomic mass is 10.1. The summed E-state index contributed by atoms with van der Waals surface area (Å²) < 4.78 is 13.3. The molecular weight excluding hydrogens is 413 g/mol. The molecule has 0 saturated carbocycles. The number of amides is 2. The van der Waals surface area contributed by atoms with Crippen molar-refractivity contribution in [3.63, 3.8) is 0 Å². The molecule has 0 spiro atoms. The molecule has 3 aliphatic rings. The van der Waals surface area contributed by atoms with E-state index in [-0.39, 0.29) is 17.6 Å². The van der Waals surface area contributed by atoms with E-state index in [1.807, 2.05) is 24.3 Å². The Labute approximate surface area is 184 Å². The molecule has 1 saturated heterocycles. The second-order valence-corrected chi connectivity index (χ2v) is 8.92. The van der Waals surface area contributed by atoms with Crippen molar-refractivity contribution in [2.24, 2.45) is 4.99 Å². The van der Waals surface area contributed by atoms with Crippen LogP contribution in [-0.2, 0) is 16.1 Å². The van der Waals surface area contributed by atoms with E-state index in [0.717, 1.165) is 42.7 Å². The zero-order valence-corrected chi connectivity index (χ0v) is 17.8. The second-order valence-electron chi connectivity index (χ2n) is 7.94. The van der Waals surface area contributed by atoms with Crippen molar-refractivity contribution in [1.82, 2.24) is 4.90 Å². The number of benzene rings is 2. The summed E-state index contributed by atoms with van der Waals surface area (Å²) in [5, 5.41) is 0.705. The second kappa shape index (κ2) is 8.30. The lowest BCUT2D eigenvalue weighted by molar-refractivity contribution is -0.115. The molecule has 3 aliphatic heterocycles. The number of carbonyl (C=O) groups excluding carboxylic acids is 2. The van der Waals surface area contributed by atoms with Crippen LogP contribution in [0.4, 0.5) is 10.1 Å². The fourth-order valence-corrected chi connectivity index (χ4v) is 5.33. The molecule has 2 aromatic rings. The number of likely N-dealkylation sites (tertiary alicyclic amines) is 1.